The Morgan fingerprint density at radius 1 is 1.25 bits per heavy atom. The Kier molecular flexibility index (Phi) is 3.13. The highest BCUT2D eigenvalue weighted by atomic mass is 32.1. The van der Waals surface area contributed by atoms with Crippen LogP contribution in [0.2, 0.25) is 0 Å². The lowest BCUT2D eigenvalue weighted by Crippen LogP contribution is -1.99. The Balaban J connectivity index is 2.09. The van der Waals surface area contributed by atoms with Crippen molar-refractivity contribution in [1.29, 1.82) is 5.26 Å². The maximum absolute atomic E-state index is 8.96. The summed E-state index contributed by atoms with van der Waals surface area (Å²) in [5, 5.41) is 8.96. The molecule has 0 aliphatic rings. The van der Waals surface area contributed by atoms with Gasteiger partial charge in [-0.05, 0) is 54.5 Å². The topological polar surface area (TPSA) is 44.5 Å². The fourth-order valence-electron chi connectivity index (χ4n) is 2.36. The zero-order valence-electron chi connectivity index (χ0n) is 11.1. The van der Waals surface area contributed by atoms with Crippen molar-refractivity contribution in [1.82, 2.24) is 9.55 Å². The number of rotatable bonds is 2. The Labute approximate surface area is 122 Å². The first-order valence-corrected chi connectivity index (χ1v) is 6.76. The minimum atomic E-state index is 0.664. The molecule has 4 heteroatoms. The molecule has 20 heavy (non-hydrogen) atoms. The molecule has 0 spiro atoms. The van der Waals surface area contributed by atoms with Crippen LogP contribution in [0.4, 0.5) is 0 Å². The van der Waals surface area contributed by atoms with Gasteiger partial charge in [0.2, 0.25) is 0 Å². The van der Waals surface area contributed by atoms with Gasteiger partial charge in [-0.1, -0.05) is 18.2 Å². The Morgan fingerprint density at radius 2 is 2.10 bits per heavy atom. The zero-order chi connectivity index (χ0) is 14.1. The average molecular weight is 279 g/mol. The maximum atomic E-state index is 8.96. The molecule has 0 radical (unpaired) electrons. The van der Waals surface area contributed by atoms with Crippen molar-refractivity contribution in [2.75, 3.05) is 0 Å². The summed E-state index contributed by atoms with van der Waals surface area (Å²) in [6.45, 7) is 2.72. The van der Waals surface area contributed by atoms with E-state index in [9.17, 15) is 0 Å². The van der Waals surface area contributed by atoms with Gasteiger partial charge in [0.25, 0.3) is 0 Å². The summed E-state index contributed by atoms with van der Waals surface area (Å²) in [4.78, 5) is 3.23. The van der Waals surface area contributed by atoms with E-state index < -0.39 is 0 Å². The van der Waals surface area contributed by atoms with Crippen LogP contribution in [-0.2, 0) is 6.54 Å². The van der Waals surface area contributed by atoms with Crippen molar-refractivity contribution < 1.29 is 0 Å². The molecular formula is C16H13N3S. The fraction of sp³-hybridized carbons (Fsp3) is 0.125. The van der Waals surface area contributed by atoms with E-state index in [1.165, 1.54) is 5.56 Å². The second kappa shape index (κ2) is 4.95. The monoisotopic (exact) mass is 279 g/mol. The van der Waals surface area contributed by atoms with E-state index >= 15 is 0 Å². The molecule has 0 atom stereocenters. The molecule has 1 heterocycles. The number of aromatic nitrogens is 2. The van der Waals surface area contributed by atoms with Gasteiger partial charge in [0.1, 0.15) is 0 Å². The number of nitrogens with one attached hydrogen (secondary N) is 1. The van der Waals surface area contributed by atoms with Gasteiger partial charge in [0.15, 0.2) is 4.77 Å². The van der Waals surface area contributed by atoms with Gasteiger partial charge in [0.05, 0.1) is 29.2 Å². The normalized spacial score (nSPS) is 10.6. The van der Waals surface area contributed by atoms with E-state index in [0.717, 1.165) is 16.6 Å². The number of aromatic amines is 1. The van der Waals surface area contributed by atoms with Gasteiger partial charge < -0.3 is 9.55 Å². The van der Waals surface area contributed by atoms with Crippen LogP contribution < -0.4 is 0 Å². The Morgan fingerprint density at radius 3 is 2.90 bits per heavy atom. The van der Waals surface area contributed by atoms with Crippen molar-refractivity contribution in [3.63, 3.8) is 0 Å². The van der Waals surface area contributed by atoms with Gasteiger partial charge in [-0.3, -0.25) is 0 Å². The Hall–Kier alpha value is -2.38. The van der Waals surface area contributed by atoms with Gasteiger partial charge in [-0.2, -0.15) is 5.26 Å². The van der Waals surface area contributed by atoms with Crippen molar-refractivity contribution in [2.45, 2.75) is 13.5 Å². The summed E-state index contributed by atoms with van der Waals surface area (Å²) in [5.41, 5.74) is 5.08. The SMILES string of the molecule is Cc1ccc2c(c1)[nH]c(=S)n2Cc1cccc(C#N)c1. The third-order valence-corrected chi connectivity index (χ3v) is 3.65. The predicted octanol–water partition coefficient (Wildman–Crippen LogP) is 3.93. The first-order chi connectivity index (χ1) is 9.67. The lowest BCUT2D eigenvalue weighted by Gasteiger charge is -2.05. The van der Waals surface area contributed by atoms with Crippen molar-refractivity contribution >= 4 is 23.3 Å². The maximum Gasteiger partial charge on any atom is 0.178 e. The van der Waals surface area contributed by atoms with Crippen LogP contribution >= 0.6 is 12.2 Å². The average Bonchev–Trinajstić information content (AvgIpc) is 2.74. The van der Waals surface area contributed by atoms with E-state index in [1.807, 2.05) is 18.2 Å². The molecule has 3 nitrogen and oxygen atoms in total. The molecule has 2 aromatic carbocycles. The van der Waals surface area contributed by atoms with Crippen LogP contribution in [0.1, 0.15) is 16.7 Å². The first kappa shape index (κ1) is 12.6. The summed E-state index contributed by atoms with van der Waals surface area (Å²) < 4.78 is 2.76. The van der Waals surface area contributed by atoms with Crippen LogP contribution in [0.3, 0.4) is 0 Å². The van der Waals surface area contributed by atoms with Crippen molar-refractivity contribution in [2.24, 2.45) is 0 Å². The van der Waals surface area contributed by atoms with E-state index in [4.69, 9.17) is 17.5 Å². The number of benzene rings is 2. The number of H-pyrrole nitrogens is 1. The standard InChI is InChI=1S/C16H13N3S/c1-11-5-6-15-14(7-11)18-16(20)19(15)10-13-4-2-3-12(8-13)9-17/h2-8H,10H2,1H3,(H,18,20). The molecule has 0 aliphatic carbocycles. The molecule has 98 valence electrons. The summed E-state index contributed by atoms with van der Waals surface area (Å²) in [7, 11) is 0. The second-order valence-corrected chi connectivity index (χ2v) is 5.24. The number of hydrogen-bond donors (Lipinski definition) is 1. The molecule has 0 amide bonds. The van der Waals surface area contributed by atoms with Crippen LogP contribution in [0, 0.1) is 23.0 Å². The van der Waals surface area contributed by atoms with Crippen LogP contribution in [0.5, 0.6) is 0 Å². The second-order valence-electron chi connectivity index (χ2n) is 4.85. The Bertz CT molecular complexity index is 881. The van der Waals surface area contributed by atoms with E-state index in [1.54, 1.807) is 6.07 Å². The molecule has 3 rings (SSSR count). The highest BCUT2D eigenvalue weighted by molar-refractivity contribution is 7.71. The molecule has 0 unspecified atom stereocenters. The van der Waals surface area contributed by atoms with Crippen LogP contribution in [-0.4, -0.2) is 9.55 Å². The van der Waals surface area contributed by atoms with E-state index in [2.05, 4.69) is 40.7 Å². The predicted molar refractivity (Wildman–Crippen MR) is 82.1 cm³/mol. The molecule has 0 saturated carbocycles. The number of nitriles is 1. The fourth-order valence-corrected chi connectivity index (χ4v) is 2.63. The minimum absolute atomic E-state index is 0.664. The van der Waals surface area contributed by atoms with Gasteiger partial charge in [-0.15, -0.1) is 0 Å². The zero-order valence-corrected chi connectivity index (χ0v) is 11.9. The summed E-state index contributed by atoms with van der Waals surface area (Å²) in [6, 6.07) is 16.0. The number of nitrogens with zero attached hydrogens (tertiary/aromatic N) is 2. The number of imidazole rings is 1. The molecular weight excluding hydrogens is 266 g/mol. The van der Waals surface area contributed by atoms with Crippen molar-refractivity contribution in [3.8, 4) is 6.07 Å². The van der Waals surface area contributed by atoms with Gasteiger partial charge >= 0.3 is 0 Å². The lowest BCUT2D eigenvalue weighted by atomic mass is 10.1. The van der Waals surface area contributed by atoms with Crippen LogP contribution in [0.15, 0.2) is 42.5 Å². The summed E-state index contributed by atoms with van der Waals surface area (Å²) in [6.07, 6.45) is 0. The molecule has 3 aromatic rings. The largest absolute Gasteiger partial charge is 0.331 e. The molecule has 0 fully saturated rings. The van der Waals surface area contributed by atoms with Crippen LogP contribution in [0.25, 0.3) is 11.0 Å². The van der Waals surface area contributed by atoms with Gasteiger partial charge in [-0.25, -0.2) is 0 Å². The minimum Gasteiger partial charge on any atom is -0.331 e. The third kappa shape index (κ3) is 2.24. The highest BCUT2D eigenvalue weighted by Gasteiger charge is 2.05. The van der Waals surface area contributed by atoms with Gasteiger partial charge in [0, 0.05) is 0 Å². The van der Waals surface area contributed by atoms with E-state index in [-0.39, 0.29) is 0 Å². The number of hydrogen-bond acceptors (Lipinski definition) is 2. The lowest BCUT2D eigenvalue weighted by molar-refractivity contribution is 0.810. The molecule has 1 N–H and O–H groups in total. The number of aryl methyl sites for hydroxylation is 1. The summed E-state index contributed by atoms with van der Waals surface area (Å²) in [5.74, 6) is 0. The molecule has 0 aliphatic heterocycles. The van der Waals surface area contributed by atoms with Crippen molar-refractivity contribution in [3.05, 3.63) is 63.9 Å². The molecule has 0 saturated heterocycles. The first-order valence-electron chi connectivity index (χ1n) is 6.35. The quantitative estimate of drug-likeness (QED) is 0.722. The highest BCUT2D eigenvalue weighted by Crippen LogP contribution is 2.17. The van der Waals surface area contributed by atoms with E-state index in [0.29, 0.717) is 16.9 Å². The number of fused-ring (bicyclic) bond motifs is 1. The summed E-state index contributed by atoms with van der Waals surface area (Å²) >= 11 is 5.40. The molecule has 0 bridgehead atoms. The smallest absolute Gasteiger partial charge is 0.178 e. The third-order valence-electron chi connectivity index (χ3n) is 3.33. The molecule has 1 aromatic heterocycles.